The first-order valence-electron chi connectivity index (χ1n) is 7.69. The topological polar surface area (TPSA) is 29.3 Å². The van der Waals surface area contributed by atoms with Crippen LogP contribution in [0.3, 0.4) is 0 Å². The minimum atomic E-state index is -0.224. The molecule has 118 valence electrons. The van der Waals surface area contributed by atoms with Crippen molar-refractivity contribution in [1.82, 2.24) is 10.1 Å². The molecule has 2 heterocycles. The van der Waals surface area contributed by atoms with E-state index in [0.29, 0.717) is 10.4 Å². The van der Waals surface area contributed by atoms with Crippen LogP contribution in [0.15, 0.2) is 33.3 Å². The Morgan fingerprint density at radius 1 is 1.41 bits per heavy atom. The lowest BCUT2D eigenvalue weighted by atomic mass is 10.1. The molecule has 5 heteroatoms. The molecule has 2 aromatic rings. The molecule has 3 nitrogen and oxygen atoms in total. The predicted octanol–water partition coefficient (Wildman–Crippen LogP) is 5.04. The summed E-state index contributed by atoms with van der Waals surface area (Å²) in [5.74, 6) is 1.10. The minimum Gasteiger partial charge on any atom is -0.359 e. The van der Waals surface area contributed by atoms with Crippen LogP contribution in [0, 0.1) is 5.82 Å². The fourth-order valence-electron chi connectivity index (χ4n) is 2.94. The highest BCUT2D eigenvalue weighted by molar-refractivity contribution is 9.10. The van der Waals surface area contributed by atoms with Gasteiger partial charge in [0.2, 0.25) is 0 Å². The van der Waals surface area contributed by atoms with Crippen LogP contribution in [0.5, 0.6) is 0 Å². The van der Waals surface area contributed by atoms with E-state index in [1.54, 1.807) is 0 Å². The Morgan fingerprint density at radius 3 is 2.91 bits per heavy atom. The molecule has 1 aliphatic rings. The summed E-state index contributed by atoms with van der Waals surface area (Å²) in [6, 6.07) is 7.55. The van der Waals surface area contributed by atoms with Gasteiger partial charge in [-0.1, -0.05) is 25.1 Å². The lowest BCUT2D eigenvalue weighted by Gasteiger charge is -2.22. The summed E-state index contributed by atoms with van der Waals surface area (Å²) >= 11 is 3.25. The second kappa shape index (κ2) is 6.50. The lowest BCUT2D eigenvalue weighted by molar-refractivity contribution is 0.206. The Kier molecular flexibility index (Phi) is 4.64. The molecule has 1 unspecified atom stereocenters. The van der Waals surface area contributed by atoms with Crippen LogP contribution in [-0.2, 0) is 6.54 Å². The molecule has 0 saturated carbocycles. The monoisotopic (exact) mass is 366 g/mol. The number of likely N-dealkylation sites (tertiary alicyclic amines) is 1. The van der Waals surface area contributed by atoms with Crippen molar-refractivity contribution < 1.29 is 8.91 Å². The maximum absolute atomic E-state index is 13.3. The van der Waals surface area contributed by atoms with Crippen molar-refractivity contribution in [2.24, 2.45) is 0 Å². The molecule has 1 atom stereocenters. The smallest absolute Gasteiger partial charge is 0.154 e. The van der Waals surface area contributed by atoms with E-state index in [2.05, 4.69) is 45.9 Å². The van der Waals surface area contributed by atoms with Gasteiger partial charge in [0.15, 0.2) is 5.76 Å². The van der Waals surface area contributed by atoms with Gasteiger partial charge in [0.05, 0.1) is 16.2 Å². The molecule has 0 N–H and O–H groups in total. The second-order valence-corrected chi connectivity index (χ2v) is 7.04. The molecule has 1 fully saturated rings. The van der Waals surface area contributed by atoms with E-state index in [0.717, 1.165) is 42.9 Å². The van der Waals surface area contributed by atoms with Crippen LogP contribution in [-0.4, -0.2) is 16.6 Å². The van der Waals surface area contributed by atoms with Gasteiger partial charge >= 0.3 is 0 Å². The van der Waals surface area contributed by atoms with E-state index in [4.69, 9.17) is 4.52 Å². The van der Waals surface area contributed by atoms with Gasteiger partial charge in [-0.15, -0.1) is 0 Å². The third-order valence-electron chi connectivity index (χ3n) is 4.20. The van der Waals surface area contributed by atoms with Crippen molar-refractivity contribution in [3.63, 3.8) is 0 Å². The Balaban J connectivity index is 1.76. The van der Waals surface area contributed by atoms with Crippen LogP contribution in [0.25, 0.3) is 0 Å². The standard InChI is InChI=1S/C17H20BrFN2O/c1-11(2)15-9-17(22-20-15)16-4-3-7-21(16)10-12-5-6-14(19)13(18)8-12/h5-6,8-9,11,16H,3-4,7,10H2,1-2H3. The number of aromatic nitrogens is 1. The van der Waals surface area contributed by atoms with Gasteiger partial charge < -0.3 is 4.52 Å². The summed E-state index contributed by atoms with van der Waals surface area (Å²) in [5, 5.41) is 4.17. The zero-order valence-electron chi connectivity index (χ0n) is 12.9. The Labute approximate surface area is 138 Å². The largest absolute Gasteiger partial charge is 0.359 e. The minimum absolute atomic E-state index is 0.224. The number of hydrogen-bond acceptors (Lipinski definition) is 3. The summed E-state index contributed by atoms with van der Waals surface area (Å²) in [7, 11) is 0. The maximum Gasteiger partial charge on any atom is 0.154 e. The zero-order valence-corrected chi connectivity index (χ0v) is 14.4. The zero-order chi connectivity index (χ0) is 15.7. The Hall–Kier alpha value is -1.20. The van der Waals surface area contributed by atoms with E-state index < -0.39 is 0 Å². The third-order valence-corrected chi connectivity index (χ3v) is 4.81. The highest BCUT2D eigenvalue weighted by atomic mass is 79.9. The molecule has 1 aromatic carbocycles. The average Bonchev–Trinajstić information content (AvgIpc) is 3.11. The van der Waals surface area contributed by atoms with E-state index in [-0.39, 0.29) is 11.9 Å². The van der Waals surface area contributed by atoms with Gasteiger partial charge in [-0.25, -0.2) is 4.39 Å². The summed E-state index contributed by atoms with van der Waals surface area (Å²) in [4.78, 5) is 2.38. The summed E-state index contributed by atoms with van der Waals surface area (Å²) in [6.07, 6.45) is 2.22. The van der Waals surface area contributed by atoms with Crippen LogP contribution in [0.4, 0.5) is 4.39 Å². The van der Waals surface area contributed by atoms with Crippen LogP contribution in [0.1, 0.15) is 55.7 Å². The van der Waals surface area contributed by atoms with Crippen LogP contribution in [0.2, 0.25) is 0 Å². The van der Waals surface area contributed by atoms with Gasteiger partial charge in [0.25, 0.3) is 0 Å². The van der Waals surface area contributed by atoms with E-state index in [1.807, 2.05) is 12.1 Å². The lowest BCUT2D eigenvalue weighted by Crippen LogP contribution is -2.22. The van der Waals surface area contributed by atoms with Gasteiger partial charge in [-0.05, 0) is 58.9 Å². The van der Waals surface area contributed by atoms with Crippen molar-refractivity contribution in [2.75, 3.05) is 6.54 Å². The fraction of sp³-hybridized carbons (Fsp3) is 0.471. The molecule has 0 radical (unpaired) electrons. The van der Waals surface area contributed by atoms with E-state index >= 15 is 0 Å². The van der Waals surface area contributed by atoms with Crippen molar-refractivity contribution in [1.29, 1.82) is 0 Å². The van der Waals surface area contributed by atoms with Crippen LogP contribution < -0.4 is 0 Å². The summed E-state index contributed by atoms with van der Waals surface area (Å²) in [5.41, 5.74) is 2.11. The number of hydrogen-bond donors (Lipinski definition) is 0. The molecular weight excluding hydrogens is 347 g/mol. The molecule has 0 amide bonds. The first-order valence-corrected chi connectivity index (χ1v) is 8.48. The quantitative estimate of drug-likeness (QED) is 0.759. The molecule has 1 aromatic heterocycles. The van der Waals surface area contributed by atoms with Crippen molar-refractivity contribution in [3.8, 4) is 0 Å². The molecule has 0 bridgehead atoms. The maximum atomic E-state index is 13.3. The second-order valence-electron chi connectivity index (χ2n) is 6.19. The molecular formula is C17H20BrFN2O. The molecule has 22 heavy (non-hydrogen) atoms. The normalized spacial score (nSPS) is 19.2. The predicted molar refractivity (Wildman–Crippen MR) is 87.1 cm³/mol. The van der Waals surface area contributed by atoms with Crippen molar-refractivity contribution >= 4 is 15.9 Å². The highest BCUT2D eigenvalue weighted by Crippen LogP contribution is 2.34. The van der Waals surface area contributed by atoms with E-state index in [1.165, 1.54) is 6.07 Å². The SMILES string of the molecule is CC(C)c1cc(C2CCCN2Cc2ccc(F)c(Br)c2)on1. The van der Waals surface area contributed by atoms with Gasteiger partial charge in [0, 0.05) is 12.6 Å². The first-order chi connectivity index (χ1) is 10.5. The Bertz CT molecular complexity index is 656. The van der Waals surface area contributed by atoms with Gasteiger partial charge in [-0.3, -0.25) is 4.90 Å². The average molecular weight is 367 g/mol. The van der Waals surface area contributed by atoms with Crippen molar-refractivity contribution in [3.05, 3.63) is 51.6 Å². The number of rotatable bonds is 4. The van der Waals surface area contributed by atoms with Crippen LogP contribution >= 0.6 is 15.9 Å². The number of halogens is 2. The van der Waals surface area contributed by atoms with Gasteiger partial charge in [-0.2, -0.15) is 0 Å². The number of benzene rings is 1. The van der Waals surface area contributed by atoms with Crippen molar-refractivity contribution in [2.45, 2.75) is 45.2 Å². The molecule has 1 saturated heterocycles. The summed E-state index contributed by atoms with van der Waals surface area (Å²) in [6.45, 7) is 6.05. The van der Waals surface area contributed by atoms with Gasteiger partial charge in [0.1, 0.15) is 5.82 Å². The first kappa shape index (κ1) is 15.7. The molecule has 3 rings (SSSR count). The summed E-state index contributed by atoms with van der Waals surface area (Å²) < 4.78 is 19.4. The fourth-order valence-corrected chi connectivity index (χ4v) is 3.37. The van der Waals surface area contributed by atoms with E-state index in [9.17, 15) is 4.39 Å². The Morgan fingerprint density at radius 2 is 2.23 bits per heavy atom. The molecule has 1 aliphatic heterocycles. The highest BCUT2D eigenvalue weighted by Gasteiger charge is 2.29. The third kappa shape index (κ3) is 3.25. The molecule has 0 aliphatic carbocycles. The molecule has 0 spiro atoms. The number of nitrogens with zero attached hydrogens (tertiary/aromatic N) is 2.